The maximum Gasteiger partial charge on any atom is 0.257 e. The van der Waals surface area contributed by atoms with E-state index in [1.165, 1.54) is 16.5 Å². The number of methoxy groups -OCH3 is 1. The van der Waals surface area contributed by atoms with Crippen LogP contribution >= 0.6 is 0 Å². The number of rotatable bonds is 7. The highest BCUT2D eigenvalue weighted by molar-refractivity contribution is 5.84. The van der Waals surface area contributed by atoms with E-state index in [-0.39, 0.29) is 12.5 Å². The van der Waals surface area contributed by atoms with Crippen LogP contribution in [0.5, 0.6) is 11.5 Å². The first-order chi connectivity index (χ1) is 12.2. The molecule has 0 unspecified atom stereocenters. The number of fused-ring (bicyclic) bond motifs is 1. The molecule has 0 bridgehead atoms. The summed E-state index contributed by atoms with van der Waals surface area (Å²) in [5, 5.41) is 4.13. The van der Waals surface area contributed by atoms with E-state index < -0.39 is 0 Å². The first-order valence-corrected chi connectivity index (χ1v) is 8.24. The van der Waals surface area contributed by atoms with Crippen molar-refractivity contribution in [2.24, 2.45) is 7.05 Å². The number of hydrogen-bond acceptors (Lipinski definition) is 3. The average Bonchev–Trinajstić information content (AvgIpc) is 2.96. The van der Waals surface area contributed by atoms with Crippen LogP contribution in [0, 0.1) is 0 Å². The monoisotopic (exact) mass is 338 g/mol. The molecule has 1 amide bonds. The van der Waals surface area contributed by atoms with Crippen molar-refractivity contribution in [3.63, 3.8) is 0 Å². The van der Waals surface area contributed by atoms with Gasteiger partial charge in [-0.1, -0.05) is 30.3 Å². The Hall–Kier alpha value is -2.95. The summed E-state index contributed by atoms with van der Waals surface area (Å²) < 4.78 is 12.8. The number of ether oxygens (including phenoxy) is 2. The fourth-order valence-corrected chi connectivity index (χ4v) is 2.89. The van der Waals surface area contributed by atoms with Crippen LogP contribution < -0.4 is 14.8 Å². The van der Waals surface area contributed by atoms with Gasteiger partial charge in [-0.15, -0.1) is 0 Å². The van der Waals surface area contributed by atoms with E-state index in [2.05, 4.69) is 28.2 Å². The minimum atomic E-state index is -0.147. The topological polar surface area (TPSA) is 52.5 Å². The Balaban J connectivity index is 1.51. The zero-order valence-electron chi connectivity index (χ0n) is 14.5. The van der Waals surface area contributed by atoms with Crippen LogP contribution in [-0.2, 0) is 18.3 Å². The molecular formula is C20H22N2O3. The van der Waals surface area contributed by atoms with E-state index in [4.69, 9.17) is 9.47 Å². The quantitative estimate of drug-likeness (QED) is 0.721. The summed E-state index contributed by atoms with van der Waals surface area (Å²) in [7, 11) is 3.61. The van der Waals surface area contributed by atoms with E-state index in [0.29, 0.717) is 18.0 Å². The van der Waals surface area contributed by atoms with E-state index in [1.807, 2.05) is 31.3 Å². The summed E-state index contributed by atoms with van der Waals surface area (Å²) in [6, 6.07) is 15.5. The number of aryl methyl sites for hydroxylation is 1. The van der Waals surface area contributed by atoms with Crippen LogP contribution in [-0.4, -0.2) is 30.7 Å². The van der Waals surface area contributed by atoms with Gasteiger partial charge in [0.05, 0.1) is 7.11 Å². The molecule has 130 valence electrons. The highest BCUT2D eigenvalue weighted by Crippen LogP contribution is 2.25. The van der Waals surface area contributed by atoms with Crippen molar-refractivity contribution in [1.29, 1.82) is 0 Å². The molecule has 2 aromatic carbocycles. The molecule has 0 radical (unpaired) electrons. The van der Waals surface area contributed by atoms with Crippen molar-refractivity contribution in [3.05, 3.63) is 60.3 Å². The minimum absolute atomic E-state index is 0.0318. The Bertz CT molecular complexity index is 870. The highest BCUT2D eigenvalue weighted by Gasteiger charge is 2.08. The highest BCUT2D eigenvalue weighted by atomic mass is 16.5. The molecule has 1 aromatic heterocycles. The molecule has 0 atom stereocenters. The normalized spacial score (nSPS) is 10.6. The lowest BCUT2D eigenvalue weighted by molar-refractivity contribution is -0.123. The predicted molar refractivity (Wildman–Crippen MR) is 98.1 cm³/mol. The predicted octanol–water partition coefficient (Wildman–Crippen LogP) is 2.92. The Kier molecular flexibility index (Phi) is 5.23. The molecule has 0 saturated heterocycles. The number of aromatic nitrogens is 1. The number of carbonyl (C=O) groups is 1. The lowest BCUT2D eigenvalue weighted by Gasteiger charge is -2.10. The molecule has 3 aromatic rings. The molecular weight excluding hydrogens is 316 g/mol. The molecule has 0 fully saturated rings. The minimum Gasteiger partial charge on any atom is -0.493 e. The summed E-state index contributed by atoms with van der Waals surface area (Å²) in [6.45, 7) is 0.540. The van der Waals surface area contributed by atoms with Crippen LogP contribution in [0.3, 0.4) is 0 Å². The third-order valence-corrected chi connectivity index (χ3v) is 4.12. The number of amides is 1. The molecule has 1 heterocycles. The van der Waals surface area contributed by atoms with Gasteiger partial charge in [0, 0.05) is 30.7 Å². The van der Waals surface area contributed by atoms with Crippen molar-refractivity contribution >= 4 is 16.8 Å². The summed E-state index contributed by atoms with van der Waals surface area (Å²) in [5.41, 5.74) is 2.42. The molecule has 0 aliphatic carbocycles. The summed E-state index contributed by atoms with van der Waals surface area (Å²) in [6.07, 6.45) is 2.89. The van der Waals surface area contributed by atoms with Gasteiger partial charge in [-0.25, -0.2) is 0 Å². The van der Waals surface area contributed by atoms with Crippen molar-refractivity contribution in [3.8, 4) is 11.5 Å². The Labute approximate surface area is 147 Å². The molecule has 0 saturated carbocycles. The molecule has 0 aliphatic heterocycles. The molecule has 5 heteroatoms. The van der Waals surface area contributed by atoms with E-state index in [0.717, 1.165) is 6.42 Å². The first-order valence-electron chi connectivity index (χ1n) is 8.24. The molecule has 25 heavy (non-hydrogen) atoms. The lowest BCUT2D eigenvalue weighted by Crippen LogP contribution is -2.30. The van der Waals surface area contributed by atoms with Crippen molar-refractivity contribution < 1.29 is 14.3 Å². The number of benzene rings is 2. The van der Waals surface area contributed by atoms with Crippen LogP contribution in [0.25, 0.3) is 10.9 Å². The maximum absolute atomic E-state index is 12.0. The average molecular weight is 338 g/mol. The zero-order chi connectivity index (χ0) is 17.6. The summed E-state index contributed by atoms with van der Waals surface area (Å²) >= 11 is 0. The Morgan fingerprint density at radius 1 is 1.08 bits per heavy atom. The largest absolute Gasteiger partial charge is 0.493 e. The first kappa shape index (κ1) is 16.9. The van der Waals surface area contributed by atoms with Crippen molar-refractivity contribution in [1.82, 2.24) is 9.88 Å². The molecule has 1 N–H and O–H groups in total. The van der Waals surface area contributed by atoms with Crippen molar-refractivity contribution in [2.45, 2.75) is 6.42 Å². The van der Waals surface area contributed by atoms with Gasteiger partial charge in [-0.3, -0.25) is 4.79 Å². The van der Waals surface area contributed by atoms with Gasteiger partial charge in [0.25, 0.3) is 5.91 Å². The second-order valence-corrected chi connectivity index (χ2v) is 5.82. The zero-order valence-corrected chi connectivity index (χ0v) is 14.5. The van der Waals surface area contributed by atoms with Crippen LogP contribution in [0.2, 0.25) is 0 Å². The van der Waals surface area contributed by atoms with Gasteiger partial charge in [0.2, 0.25) is 0 Å². The van der Waals surface area contributed by atoms with Crippen LogP contribution in [0.1, 0.15) is 5.56 Å². The molecule has 3 rings (SSSR count). The lowest BCUT2D eigenvalue weighted by atomic mass is 10.1. The second-order valence-electron chi connectivity index (χ2n) is 5.82. The number of para-hydroxylation sites is 3. The number of nitrogens with one attached hydrogen (secondary N) is 1. The maximum atomic E-state index is 12.0. The number of carbonyl (C=O) groups excluding carboxylic acids is 1. The van der Waals surface area contributed by atoms with Crippen LogP contribution in [0.15, 0.2) is 54.7 Å². The summed E-state index contributed by atoms with van der Waals surface area (Å²) in [4.78, 5) is 12.0. The van der Waals surface area contributed by atoms with E-state index >= 15 is 0 Å². The number of nitrogens with zero attached hydrogens (tertiary/aromatic N) is 1. The molecule has 0 spiro atoms. The van der Waals surface area contributed by atoms with Gasteiger partial charge in [0.1, 0.15) is 0 Å². The Morgan fingerprint density at radius 2 is 1.80 bits per heavy atom. The third-order valence-electron chi connectivity index (χ3n) is 4.12. The van der Waals surface area contributed by atoms with Crippen molar-refractivity contribution in [2.75, 3.05) is 20.3 Å². The van der Waals surface area contributed by atoms with Gasteiger partial charge >= 0.3 is 0 Å². The standard InChI is InChI=1S/C20H22N2O3/c1-22-13-15(16-7-3-4-8-17(16)22)11-12-21-20(23)14-25-19-10-6-5-9-18(19)24-2/h3-10,13H,11-12,14H2,1-2H3,(H,21,23). The number of hydrogen-bond donors (Lipinski definition) is 1. The summed E-state index contributed by atoms with van der Waals surface area (Å²) in [5.74, 6) is 1.03. The van der Waals surface area contributed by atoms with Crippen LogP contribution in [0.4, 0.5) is 0 Å². The fourth-order valence-electron chi connectivity index (χ4n) is 2.89. The Morgan fingerprint density at radius 3 is 2.60 bits per heavy atom. The third kappa shape index (κ3) is 3.94. The van der Waals surface area contributed by atoms with Gasteiger partial charge in [-0.2, -0.15) is 0 Å². The van der Waals surface area contributed by atoms with Gasteiger partial charge < -0.3 is 19.4 Å². The second kappa shape index (κ2) is 7.75. The van der Waals surface area contributed by atoms with E-state index in [9.17, 15) is 4.79 Å². The molecule has 0 aliphatic rings. The smallest absolute Gasteiger partial charge is 0.257 e. The van der Waals surface area contributed by atoms with Gasteiger partial charge in [0.15, 0.2) is 18.1 Å². The SMILES string of the molecule is COc1ccccc1OCC(=O)NCCc1cn(C)c2ccccc12. The van der Waals surface area contributed by atoms with Gasteiger partial charge in [-0.05, 0) is 30.2 Å². The fraction of sp³-hybridized carbons (Fsp3) is 0.250. The van der Waals surface area contributed by atoms with E-state index in [1.54, 1.807) is 19.2 Å². The molecule has 5 nitrogen and oxygen atoms in total.